The highest BCUT2D eigenvalue weighted by Gasteiger charge is 2.32. The van der Waals surface area contributed by atoms with Crippen LogP contribution in [0, 0.1) is 5.92 Å². The molecule has 27 heavy (non-hydrogen) atoms. The summed E-state index contributed by atoms with van der Waals surface area (Å²) in [6.07, 6.45) is 0.0778. The molecule has 0 unspecified atom stereocenters. The lowest BCUT2D eigenvalue weighted by molar-refractivity contribution is -0.141. The van der Waals surface area contributed by atoms with E-state index >= 15 is 0 Å². The van der Waals surface area contributed by atoms with Gasteiger partial charge in [0.05, 0.1) is 12.2 Å². The van der Waals surface area contributed by atoms with Crippen LogP contribution in [0.3, 0.4) is 0 Å². The Morgan fingerprint density at radius 1 is 1.26 bits per heavy atom. The van der Waals surface area contributed by atoms with E-state index in [0.717, 1.165) is 10.5 Å². The van der Waals surface area contributed by atoms with Crippen molar-refractivity contribution < 1.29 is 22.7 Å². The molecule has 0 atom stereocenters. The normalized spacial score (nSPS) is 15.6. The third-order valence-electron chi connectivity index (χ3n) is 4.33. The topological polar surface area (TPSA) is 55.3 Å². The van der Waals surface area contributed by atoms with Crippen molar-refractivity contribution in [2.45, 2.75) is 19.0 Å². The summed E-state index contributed by atoms with van der Waals surface area (Å²) in [6, 6.07) is 5.32. The molecule has 3 rings (SSSR count). The van der Waals surface area contributed by atoms with Crippen molar-refractivity contribution in [1.29, 1.82) is 0 Å². The Balaban J connectivity index is 1.51. The van der Waals surface area contributed by atoms with E-state index in [4.69, 9.17) is 4.74 Å². The van der Waals surface area contributed by atoms with Crippen molar-refractivity contribution in [1.82, 2.24) is 14.9 Å². The Kier molecular flexibility index (Phi) is 5.98. The second-order valence-electron chi connectivity index (χ2n) is 6.30. The first-order valence-electron chi connectivity index (χ1n) is 8.40. The van der Waals surface area contributed by atoms with Gasteiger partial charge in [0.1, 0.15) is 5.69 Å². The number of aromatic nitrogens is 2. The second-order valence-corrected chi connectivity index (χ2v) is 7.21. The zero-order valence-electron chi connectivity index (χ0n) is 14.2. The highest BCUT2D eigenvalue weighted by atomic mass is 79.9. The summed E-state index contributed by atoms with van der Waals surface area (Å²) >= 11 is 3.30. The first-order chi connectivity index (χ1) is 12.8. The van der Waals surface area contributed by atoms with Gasteiger partial charge in [-0.3, -0.25) is 9.78 Å². The Morgan fingerprint density at radius 3 is 2.67 bits per heavy atom. The largest absolute Gasteiger partial charge is 0.477 e. The van der Waals surface area contributed by atoms with Crippen LogP contribution >= 0.6 is 15.9 Å². The fraction of sp³-hybridized carbons (Fsp3) is 0.389. The van der Waals surface area contributed by atoms with Gasteiger partial charge in [0.15, 0.2) is 0 Å². The van der Waals surface area contributed by atoms with Crippen molar-refractivity contribution in [3.63, 3.8) is 0 Å². The van der Waals surface area contributed by atoms with Crippen LogP contribution in [-0.4, -0.2) is 40.5 Å². The lowest BCUT2D eigenvalue weighted by Gasteiger charge is -2.31. The predicted octanol–water partition coefficient (Wildman–Crippen LogP) is 4.19. The first kappa shape index (κ1) is 19.6. The Bertz CT molecular complexity index is 808. The van der Waals surface area contributed by atoms with Crippen LogP contribution in [0.4, 0.5) is 13.2 Å². The maximum atomic E-state index is 12.7. The molecule has 1 aliphatic heterocycles. The summed E-state index contributed by atoms with van der Waals surface area (Å²) in [7, 11) is 0. The van der Waals surface area contributed by atoms with Crippen LogP contribution in [0.5, 0.6) is 5.88 Å². The van der Waals surface area contributed by atoms with Crippen LogP contribution < -0.4 is 4.74 Å². The number of alkyl halides is 3. The van der Waals surface area contributed by atoms with Crippen molar-refractivity contribution in [2.24, 2.45) is 5.92 Å². The van der Waals surface area contributed by atoms with E-state index < -0.39 is 11.9 Å². The number of hydrogen-bond donors (Lipinski definition) is 0. The van der Waals surface area contributed by atoms with Gasteiger partial charge in [-0.2, -0.15) is 13.2 Å². The van der Waals surface area contributed by atoms with Gasteiger partial charge in [-0.05, 0) is 46.8 Å². The van der Waals surface area contributed by atoms with E-state index in [0.29, 0.717) is 31.5 Å². The summed E-state index contributed by atoms with van der Waals surface area (Å²) in [5, 5.41) is 0. The summed E-state index contributed by atoms with van der Waals surface area (Å²) in [6.45, 7) is 1.40. The molecule has 5 nitrogen and oxygen atoms in total. The van der Waals surface area contributed by atoms with Crippen LogP contribution in [0.2, 0.25) is 0 Å². The molecule has 2 aromatic heterocycles. The molecule has 1 aliphatic rings. The van der Waals surface area contributed by atoms with Crippen LogP contribution in [0.1, 0.15) is 28.9 Å². The monoisotopic (exact) mass is 443 g/mol. The molecule has 2 aromatic rings. The number of halogens is 4. The van der Waals surface area contributed by atoms with Gasteiger partial charge in [0.2, 0.25) is 5.88 Å². The van der Waals surface area contributed by atoms with Crippen molar-refractivity contribution >= 4 is 21.8 Å². The lowest BCUT2D eigenvalue weighted by Crippen LogP contribution is -2.39. The number of nitrogens with zero attached hydrogens (tertiary/aromatic N) is 3. The van der Waals surface area contributed by atoms with E-state index in [2.05, 4.69) is 25.9 Å². The van der Waals surface area contributed by atoms with Crippen LogP contribution in [-0.2, 0) is 6.18 Å². The van der Waals surface area contributed by atoms with E-state index in [1.54, 1.807) is 17.2 Å². The van der Waals surface area contributed by atoms with Crippen molar-refractivity contribution in [3.05, 3.63) is 52.4 Å². The number of ether oxygens (including phenoxy) is 1. The summed E-state index contributed by atoms with van der Waals surface area (Å²) in [5.41, 5.74) is -0.449. The smallest absolute Gasteiger partial charge is 0.433 e. The molecule has 9 heteroatoms. The number of carbonyl (C=O) groups excluding carboxylic acids is 1. The minimum Gasteiger partial charge on any atom is -0.477 e. The number of carbonyl (C=O) groups is 1. The van der Waals surface area contributed by atoms with E-state index in [-0.39, 0.29) is 24.3 Å². The van der Waals surface area contributed by atoms with Gasteiger partial charge in [-0.1, -0.05) is 6.07 Å². The van der Waals surface area contributed by atoms with Gasteiger partial charge in [0, 0.05) is 36.0 Å². The second kappa shape index (κ2) is 8.24. The zero-order chi connectivity index (χ0) is 19.4. The van der Waals surface area contributed by atoms with E-state index in [9.17, 15) is 18.0 Å². The minimum absolute atomic E-state index is 0.0384. The summed E-state index contributed by atoms with van der Waals surface area (Å²) < 4.78 is 44.2. The van der Waals surface area contributed by atoms with Crippen molar-refractivity contribution in [2.75, 3.05) is 19.7 Å². The molecule has 1 saturated heterocycles. The number of rotatable bonds is 4. The summed E-state index contributed by atoms with van der Waals surface area (Å²) in [5.74, 6) is 0.0391. The highest BCUT2D eigenvalue weighted by molar-refractivity contribution is 9.10. The molecule has 1 fully saturated rings. The average Bonchev–Trinajstić information content (AvgIpc) is 2.66. The molecular formula is C18H17BrF3N3O2. The molecule has 0 saturated carbocycles. The third-order valence-corrected chi connectivity index (χ3v) is 4.77. The maximum Gasteiger partial charge on any atom is 0.433 e. The molecule has 1 amide bonds. The number of piperidine rings is 1. The number of amides is 1. The minimum atomic E-state index is -4.49. The van der Waals surface area contributed by atoms with Crippen molar-refractivity contribution in [3.8, 4) is 5.88 Å². The molecular weight excluding hydrogens is 427 g/mol. The fourth-order valence-corrected chi connectivity index (χ4v) is 3.24. The van der Waals surface area contributed by atoms with E-state index in [1.165, 1.54) is 18.3 Å². The zero-order valence-corrected chi connectivity index (χ0v) is 15.8. The van der Waals surface area contributed by atoms with Crippen LogP contribution in [0.15, 0.2) is 41.1 Å². The molecule has 0 radical (unpaired) electrons. The quantitative estimate of drug-likeness (QED) is 0.710. The Hall–Kier alpha value is -2.16. The van der Waals surface area contributed by atoms with Crippen LogP contribution in [0.25, 0.3) is 0 Å². The number of hydrogen-bond acceptors (Lipinski definition) is 4. The van der Waals surface area contributed by atoms with Gasteiger partial charge >= 0.3 is 6.18 Å². The number of pyridine rings is 2. The van der Waals surface area contributed by atoms with E-state index in [1.807, 2.05) is 0 Å². The molecule has 0 aromatic carbocycles. The van der Waals surface area contributed by atoms with Gasteiger partial charge in [0.25, 0.3) is 5.91 Å². The fourth-order valence-electron chi connectivity index (χ4n) is 2.87. The molecule has 0 bridgehead atoms. The molecule has 0 N–H and O–H groups in total. The predicted molar refractivity (Wildman–Crippen MR) is 95.3 cm³/mol. The first-order valence-corrected chi connectivity index (χ1v) is 9.19. The average molecular weight is 444 g/mol. The molecule has 0 spiro atoms. The standard InChI is InChI=1S/C18H17BrF3N3O2/c19-14-8-13(9-23-10-14)17(26)25-6-4-12(5-7-25)11-27-16-3-1-2-15(24-16)18(20,21)22/h1-3,8-10,12H,4-7,11H2. The molecule has 3 heterocycles. The SMILES string of the molecule is O=C(c1cncc(Br)c1)N1CCC(COc2cccc(C(F)(F)F)n2)CC1. The molecule has 144 valence electrons. The highest BCUT2D eigenvalue weighted by Crippen LogP contribution is 2.29. The van der Waals surface area contributed by atoms with Gasteiger partial charge in [-0.15, -0.1) is 0 Å². The maximum absolute atomic E-state index is 12.7. The Labute approximate surface area is 162 Å². The van der Waals surface area contributed by atoms with Gasteiger partial charge < -0.3 is 9.64 Å². The number of likely N-dealkylation sites (tertiary alicyclic amines) is 1. The molecule has 0 aliphatic carbocycles. The Morgan fingerprint density at radius 2 is 2.00 bits per heavy atom. The summed E-state index contributed by atoms with van der Waals surface area (Å²) in [4.78, 5) is 21.7. The lowest BCUT2D eigenvalue weighted by atomic mass is 9.97. The van der Waals surface area contributed by atoms with Gasteiger partial charge in [-0.25, -0.2) is 4.98 Å². The third kappa shape index (κ3) is 5.18.